The summed E-state index contributed by atoms with van der Waals surface area (Å²) in [6.07, 6.45) is 1.77. The van der Waals surface area contributed by atoms with Gasteiger partial charge >= 0.3 is 5.97 Å². The Morgan fingerprint density at radius 1 is 1.22 bits per heavy atom. The first kappa shape index (κ1) is 22.0. The summed E-state index contributed by atoms with van der Waals surface area (Å²) in [7, 11) is 1.58. The molecule has 1 atom stereocenters. The number of nitrogens with zero attached hydrogens (tertiary/aromatic N) is 2. The molecule has 1 aromatic heterocycles. The second kappa shape index (κ2) is 9.14. The molecule has 1 aliphatic heterocycles. The van der Waals surface area contributed by atoms with Crippen LogP contribution in [0.2, 0.25) is 5.02 Å². The van der Waals surface area contributed by atoms with Gasteiger partial charge in [0.25, 0.3) is 5.56 Å². The number of hydrogen-bond donors (Lipinski definition) is 0. The fraction of sp³-hybridized carbons (Fsp3) is 0.208. The highest BCUT2D eigenvalue weighted by Gasteiger charge is 2.34. The van der Waals surface area contributed by atoms with Crippen molar-refractivity contribution in [3.05, 3.63) is 95.6 Å². The lowest BCUT2D eigenvalue weighted by atomic mass is 9.96. The monoisotopic (exact) mass is 468 g/mol. The van der Waals surface area contributed by atoms with Gasteiger partial charge in [0.2, 0.25) is 0 Å². The number of allylic oxidation sites excluding steroid dienone is 1. The predicted molar refractivity (Wildman–Crippen MR) is 125 cm³/mol. The van der Waals surface area contributed by atoms with Crippen LogP contribution in [0.25, 0.3) is 6.08 Å². The molecule has 0 saturated heterocycles. The van der Waals surface area contributed by atoms with Gasteiger partial charge in [-0.25, -0.2) is 9.79 Å². The van der Waals surface area contributed by atoms with E-state index in [-0.39, 0.29) is 12.2 Å². The van der Waals surface area contributed by atoms with E-state index >= 15 is 0 Å². The Labute approximate surface area is 193 Å². The fourth-order valence-electron chi connectivity index (χ4n) is 3.71. The van der Waals surface area contributed by atoms with Gasteiger partial charge in [-0.1, -0.05) is 59.3 Å². The van der Waals surface area contributed by atoms with E-state index in [4.69, 9.17) is 21.1 Å². The van der Waals surface area contributed by atoms with E-state index in [9.17, 15) is 9.59 Å². The zero-order chi connectivity index (χ0) is 22.8. The van der Waals surface area contributed by atoms with Crippen molar-refractivity contribution in [3.8, 4) is 5.75 Å². The average Bonchev–Trinajstić information content (AvgIpc) is 3.08. The maximum atomic E-state index is 13.6. The Kier molecular flexibility index (Phi) is 6.30. The topological polar surface area (TPSA) is 69.9 Å². The molecule has 0 saturated carbocycles. The number of halogens is 1. The molecular weight excluding hydrogens is 448 g/mol. The first-order chi connectivity index (χ1) is 15.5. The second-order valence-corrected chi connectivity index (χ2v) is 8.48. The Morgan fingerprint density at radius 2 is 1.94 bits per heavy atom. The van der Waals surface area contributed by atoms with Gasteiger partial charge in [0.15, 0.2) is 4.80 Å². The summed E-state index contributed by atoms with van der Waals surface area (Å²) in [5, 5.41) is 0.452. The van der Waals surface area contributed by atoms with E-state index in [1.807, 2.05) is 36.4 Å². The highest BCUT2D eigenvalue weighted by Crippen LogP contribution is 2.34. The van der Waals surface area contributed by atoms with Crippen LogP contribution in [0.5, 0.6) is 5.75 Å². The molecule has 0 N–H and O–H groups in total. The lowest BCUT2D eigenvalue weighted by Gasteiger charge is -2.25. The van der Waals surface area contributed by atoms with E-state index in [1.165, 1.54) is 15.9 Å². The summed E-state index contributed by atoms with van der Waals surface area (Å²) < 4.78 is 12.7. The lowest BCUT2D eigenvalue weighted by Crippen LogP contribution is -2.40. The summed E-state index contributed by atoms with van der Waals surface area (Å²) in [6.45, 7) is 3.69. The average molecular weight is 469 g/mol. The van der Waals surface area contributed by atoms with Crippen LogP contribution in [0.15, 0.2) is 69.6 Å². The molecule has 0 fully saturated rings. The number of thiazole rings is 1. The molecule has 0 spiro atoms. The number of rotatable bonds is 5. The predicted octanol–water partition coefficient (Wildman–Crippen LogP) is 3.46. The van der Waals surface area contributed by atoms with Crippen molar-refractivity contribution in [2.24, 2.45) is 4.99 Å². The normalized spacial score (nSPS) is 15.9. The molecule has 6 nitrogen and oxygen atoms in total. The van der Waals surface area contributed by atoms with Gasteiger partial charge in [0.05, 0.1) is 29.5 Å². The number of carbonyl (C=O) groups excluding carboxylic acids is 1. The number of aromatic nitrogens is 1. The number of benzene rings is 2. The van der Waals surface area contributed by atoms with Crippen molar-refractivity contribution in [2.45, 2.75) is 19.9 Å². The van der Waals surface area contributed by atoms with E-state index in [1.54, 1.807) is 39.2 Å². The number of hydrogen-bond acceptors (Lipinski definition) is 6. The molecule has 8 heteroatoms. The van der Waals surface area contributed by atoms with Crippen molar-refractivity contribution in [1.82, 2.24) is 4.57 Å². The molecule has 4 rings (SSSR count). The van der Waals surface area contributed by atoms with Crippen LogP contribution in [0.4, 0.5) is 0 Å². The summed E-state index contributed by atoms with van der Waals surface area (Å²) in [6, 6.07) is 13.9. The van der Waals surface area contributed by atoms with Crippen molar-refractivity contribution in [3.63, 3.8) is 0 Å². The molecule has 32 heavy (non-hydrogen) atoms. The Hall–Kier alpha value is -3.16. The number of carbonyl (C=O) groups is 1. The zero-order valence-electron chi connectivity index (χ0n) is 17.8. The van der Waals surface area contributed by atoms with Gasteiger partial charge in [-0.05, 0) is 37.6 Å². The number of esters is 1. The van der Waals surface area contributed by atoms with Crippen LogP contribution >= 0.6 is 22.9 Å². The van der Waals surface area contributed by atoms with Gasteiger partial charge < -0.3 is 9.47 Å². The third-order valence-corrected chi connectivity index (χ3v) is 6.47. The van der Waals surface area contributed by atoms with Gasteiger partial charge in [-0.3, -0.25) is 9.36 Å². The highest BCUT2D eigenvalue weighted by molar-refractivity contribution is 7.07. The maximum Gasteiger partial charge on any atom is 0.338 e. The molecule has 0 unspecified atom stereocenters. The van der Waals surface area contributed by atoms with E-state index in [0.29, 0.717) is 36.9 Å². The molecule has 3 aromatic rings. The van der Waals surface area contributed by atoms with Crippen molar-refractivity contribution >= 4 is 35.0 Å². The van der Waals surface area contributed by atoms with Crippen LogP contribution in [0, 0.1) is 0 Å². The van der Waals surface area contributed by atoms with Crippen LogP contribution < -0.4 is 19.6 Å². The molecule has 2 heterocycles. The fourth-order valence-corrected chi connectivity index (χ4v) is 4.99. The van der Waals surface area contributed by atoms with Crippen LogP contribution in [-0.2, 0) is 9.53 Å². The SMILES string of the molecule is CCOC(=O)C1=C(C)N=c2sc(=Cc3ccccc3OC)c(=O)n2[C@H]1c1ccccc1Cl. The molecule has 1 aliphatic rings. The van der Waals surface area contributed by atoms with Gasteiger partial charge in [0, 0.05) is 10.6 Å². The first-order valence-corrected chi connectivity index (χ1v) is 11.2. The molecule has 2 aromatic carbocycles. The number of para-hydroxylation sites is 1. The van der Waals surface area contributed by atoms with Crippen LogP contribution in [0.1, 0.15) is 31.0 Å². The minimum absolute atomic E-state index is 0.211. The summed E-state index contributed by atoms with van der Waals surface area (Å²) in [5.41, 5.74) is 1.95. The summed E-state index contributed by atoms with van der Waals surface area (Å²) in [4.78, 5) is 31.5. The number of fused-ring (bicyclic) bond motifs is 1. The number of ether oxygens (including phenoxy) is 2. The quantitative estimate of drug-likeness (QED) is 0.538. The highest BCUT2D eigenvalue weighted by atomic mass is 35.5. The van der Waals surface area contributed by atoms with Crippen LogP contribution in [0.3, 0.4) is 0 Å². The van der Waals surface area contributed by atoms with E-state index < -0.39 is 12.0 Å². The molecule has 0 bridgehead atoms. The summed E-state index contributed by atoms with van der Waals surface area (Å²) in [5.74, 6) is 0.141. The first-order valence-electron chi connectivity index (χ1n) is 10.0. The van der Waals surface area contributed by atoms with E-state index in [2.05, 4.69) is 4.99 Å². The molecule has 0 amide bonds. The lowest BCUT2D eigenvalue weighted by molar-refractivity contribution is -0.139. The second-order valence-electron chi connectivity index (χ2n) is 7.07. The molecule has 164 valence electrons. The van der Waals surface area contributed by atoms with Gasteiger partial charge in [0.1, 0.15) is 11.8 Å². The smallest absolute Gasteiger partial charge is 0.338 e. The van der Waals surface area contributed by atoms with Crippen molar-refractivity contribution < 1.29 is 14.3 Å². The van der Waals surface area contributed by atoms with Gasteiger partial charge in [-0.2, -0.15) is 0 Å². The molecule has 0 aliphatic carbocycles. The Balaban J connectivity index is 1.99. The zero-order valence-corrected chi connectivity index (χ0v) is 19.4. The molecule has 0 radical (unpaired) electrons. The standard InChI is InChI=1S/C24H21ClN2O4S/c1-4-31-23(29)20-14(2)26-24-27(21(20)16-10-6-7-11-17(16)25)22(28)19(32-24)13-15-9-5-8-12-18(15)30-3/h5-13,21H,4H2,1-3H3/t21-/m0/s1. The third-order valence-electron chi connectivity index (χ3n) is 5.14. The van der Waals surface area contributed by atoms with Crippen LogP contribution in [-0.4, -0.2) is 24.3 Å². The van der Waals surface area contributed by atoms with Crippen molar-refractivity contribution in [2.75, 3.05) is 13.7 Å². The summed E-state index contributed by atoms with van der Waals surface area (Å²) >= 11 is 7.76. The minimum atomic E-state index is -0.737. The van der Waals surface area contributed by atoms with Gasteiger partial charge in [-0.15, -0.1) is 0 Å². The number of methoxy groups -OCH3 is 1. The Morgan fingerprint density at radius 3 is 2.66 bits per heavy atom. The largest absolute Gasteiger partial charge is 0.496 e. The van der Waals surface area contributed by atoms with E-state index in [0.717, 1.165) is 5.56 Å². The molecular formula is C24H21ClN2O4S. The Bertz CT molecular complexity index is 1400. The minimum Gasteiger partial charge on any atom is -0.496 e. The maximum absolute atomic E-state index is 13.6. The third kappa shape index (κ3) is 3.89. The van der Waals surface area contributed by atoms with Crippen molar-refractivity contribution in [1.29, 1.82) is 0 Å².